The standard InChI is InChI=1S/C17H19NO4/c1-10-3-8-14(15(9-10)17(21)22)16(20)18-13-6-4-12(5-7-13)11(2)19/h3-7,14-15H,8-9H2,1-2H3,(H,18,20)(H,21,22)/t14-,15-/m0/s1. The van der Waals surface area contributed by atoms with E-state index in [0.29, 0.717) is 24.1 Å². The molecule has 22 heavy (non-hydrogen) atoms. The van der Waals surface area contributed by atoms with E-state index in [0.717, 1.165) is 5.57 Å². The fourth-order valence-corrected chi connectivity index (χ4v) is 2.64. The maximum atomic E-state index is 12.3. The van der Waals surface area contributed by atoms with Gasteiger partial charge in [0.25, 0.3) is 0 Å². The SMILES string of the molecule is CC(=O)c1ccc(NC(=O)[C@H]2CC=C(C)C[C@@H]2C(=O)O)cc1. The van der Waals surface area contributed by atoms with E-state index < -0.39 is 17.8 Å². The summed E-state index contributed by atoms with van der Waals surface area (Å²) < 4.78 is 0. The minimum Gasteiger partial charge on any atom is -0.481 e. The molecule has 0 saturated heterocycles. The second kappa shape index (κ2) is 6.56. The summed E-state index contributed by atoms with van der Waals surface area (Å²) in [6.07, 6.45) is 2.75. The third kappa shape index (κ3) is 3.61. The highest BCUT2D eigenvalue weighted by Gasteiger charge is 2.35. The van der Waals surface area contributed by atoms with Gasteiger partial charge in [-0.25, -0.2) is 0 Å². The molecular formula is C17H19NO4. The van der Waals surface area contributed by atoms with Crippen LogP contribution >= 0.6 is 0 Å². The summed E-state index contributed by atoms with van der Waals surface area (Å²) in [5, 5.41) is 12.0. The van der Waals surface area contributed by atoms with Gasteiger partial charge in [0.15, 0.2) is 5.78 Å². The summed E-state index contributed by atoms with van der Waals surface area (Å²) in [5.74, 6) is -2.56. The number of carbonyl (C=O) groups excluding carboxylic acids is 2. The fourth-order valence-electron chi connectivity index (χ4n) is 2.64. The number of allylic oxidation sites excluding steroid dienone is 2. The summed E-state index contributed by atoms with van der Waals surface area (Å²) in [6.45, 7) is 3.35. The van der Waals surface area contributed by atoms with E-state index in [1.54, 1.807) is 24.3 Å². The third-order valence-electron chi connectivity index (χ3n) is 3.96. The van der Waals surface area contributed by atoms with Crippen LogP contribution in [0.5, 0.6) is 0 Å². The van der Waals surface area contributed by atoms with E-state index in [-0.39, 0.29) is 11.7 Å². The van der Waals surface area contributed by atoms with Crippen molar-refractivity contribution in [1.82, 2.24) is 0 Å². The Morgan fingerprint density at radius 3 is 2.32 bits per heavy atom. The van der Waals surface area contributed by atoms with Crippen molar-refractivity contribution in [3.63, 3.8) is 0 Å². The average Bonchev–Trinajstić information content (AvgIpc) is 2.47. The van der Waals surface area contributed by atoms with Gasteiger partial charge in [-0.3, -0.25) is 14.4 Å². The van der Waals surface area contributed by atoms with Crippen LogP contribution in [0.4, 0.5) is 5.69 Å². The first-order valence-electron chi connectivity index (χ1n) is 7.19. The van der Waals surface area contributed by atoms with Crippen molar-refractivity contribution in [2.24, 2.45) is 11.8 Å². The lowest BCUT2D eigenvalue weighted by Crippen LogP contribution is -2.35. The van der Waals surface area contributed by atoms with Crippen molar-refractivity contribution in [2.45, 2.75) is 26.7 Å². The molecule has 0 aliphatic heterocycles. The minimum atomic E-state index is -0.945. The number of rotatable bonds is 4. The zero-order valence-corrected chi connectivity index (χ0v) is 12.6. The molecule has 2 rings (SSSR count). The molecule has 1 aliphatic rings. The number of anilines is 1. The normalized spacial score (nSPS) is 20.9. The average molecular weight is 301 g/mol. The van der Waals surface area contributed by atoms with Crippen molar-refractivity contribution in [3.8, 4) is 0 Å². The lowest BCUT2D eigenvalue weighted by Gasteiger charge is -2.26. The van der Waals surface area contributed by atoms with Crippen LogP contribution in [0.15, 0.2) is 35.9 Å². The molecule has 0 fully saturated rings. The lowest BCUT2D eigenvalue weighted by atomic mass is 9.79. The van der Waals surface area contributed by atoms with Gasteiger partial charge in [-0.05, 0) is 51.0 Å². The van der Waals surface area contributed by atoms with E-state index in [1.165, 1.54) is 6.92 Å². The van der Waals surface area contributed by atoms with Crippen molar-refractivity contribution in [3.05, 3.63) is 41.5 Å². The summed E-state index contributed by atoms with van der Waals surface area (Å²) in [4.78, 5) is 34.9. The van der Waals surface area contributed by atoms with Gasteiger partial charge in [-0.15, -0.1) is 0 Å². The molecule has 0 spiro atoms. The number of aliphatic carboxylic acids is 1. The van der Waals surface area contributed by atoms with E-state index in [1.807, 2.05) is 13.0 Å². The first-order chi connectivity index (χ1) is 10.4. The van der Waals surface area contributed by atoms with Crippen LogP contribution < -0.4 is 5.32 Å². The molecule has 5 heteroatoms. The molecule has 0 aromatic heterocycles. The van der Waals surface area contributed by atoms with Crippen LogP contribution in [0.25, 0.3) is 0 Å². The third-order valence-corrected chi connectivity index (χ3v) is 3.96. The number of benzene rings is 1. The molecule has 2 atom stereocenters. The van der Waals surface area contributed by atoms with Gasteiger partial charge in [-0.1, -0.05) is 11.6 Å². The van der Waals surface area contributed by atoms with E-state index >= 15 is 0 Å². The van der Waals surface area contributed by atoms with E-state index in [9.17, 15) is 19.5 Å². The fraction of sp³-hybridized carbons (Fsp3) is 0.353. The van der Waals surface area contributed by atoms with Crippen LogP contribution in [-0.2, 0) is 9.59 Å². The summed E-state index contributed by atoms with van der Waals surface area (Å²) in [6, 6.07) is 6.57. The number of amides is 1. The zero-order valence-electron chi connectivity index (χ0n) is 12.6. The number of Topliss-reactive ketones (excluding diaryl/α,β-unsaturated/α-hetero) is 1. The molecule has 2 N–H and O–H groups in total. The maximum absolute atomic E-state index is 12.3. The Labute approximate surface area is 129 Å². The highest BCUT2D eigenvalue weighted by Crippen LogP contribution is 2.30. The summed E-state index contributed by atoms with van der Waals surface area (Å²) in [7, 11) is 0. The van der Waals surface area contributed by atoms with Gasteiger partial charge >= 0.3 is 5.97 Å². The van der Waals surface area contributed by atoms with Crippen LogP contribution in [0.3, 0.4) is 0 Å². The summed E-state index contributed by atoms with van der Waals surface area (Å²) >= 11 is 0. The minimum absolute atomic E-state index is 0.0447. The zero-order chi connectivity index (χ0) is 16.3. The van der Waals surface area contributed by atoms with Gasteiger partial charge < -0.3 is 10.4 Å². The first-order valence-corrected chi connectivity index (χ1v) is 7.19. The van der Waals surface area contributed by atoms with Gasteiger partial charge in [-0.2, -0.15) is 0 Å². The second-order valence-corrected chi connectivity index (χ2v) is 5.66. The van der Waals surface area contributed by atoms with Crippen molar-refractivity contribution in [1.29, 1.82) is 0 Å². The number of ketones is 1. The largest absolute Gasteiger partial charge is 0.481 e. The van der Waals surface area contributed by atoms with Gasteiger partial charge in [0, 0.05) is 11.3 Å². The molecule has 0 saturated carbocycles. The van der Waals surface area contributed by atoms with Crippen LogP contribution in [0.2, 0.25) is 0 Å². The van der Waals surface area contributed by atoms with E-state index in [4.69, 9.17) is 0 Å². The molecule has 116 valence electrons. The first kappa shape index (κ1) is 15.9. The molecule has 0 bridgehead atoms. The Balaban J connectivity index is 2.10. The van der Waals surface area contributed by atoms with Gasteiger partial charge in [0.1, 0.15) is 0 Å². The number of hydrogen-bond acceptors (Lipinski definition) is 3. The molecule has 1 aromatic rings. The van der Waals surface area contributed by atoms with Crippen molar-refractivity contribution in [2.75, 3.05) is 5.32 Å². The number of nitrogens with one attached hydrogen (secondary N) is 1. The number of carbonyl (C=O) groups is 3. The topological polar surface area (TPSA) is 83.5 Å². The lowest BCUT2D eigenvalue weighted by molar-refractivity contribution is -0.146. The summed E-state index contributed by atoms with van der Waals surface area (Å²) in [5.41, 5.74) is 2.13. The smallest absolute Gasteiger partial charge is 0.307 e. The predicted molar refractivity (Wildman–Crippen MR) is 82.7 cm³/mol. The highest BCUT2D eigenvalue weighted by atomic mass is 16.4. The van der Waals surface area contributed by atoms with Crippen molar-refractivity contribution >= 4 is 23.3 Å². The molecule has 5 nitrogen and oxygen atoms in total. The second-order valence-electron chi connectivity index (χ2n) is 5.66. The van der Waals surface area contributed by atoms with Crippen molar-refractivity contribution < 1.29 is 19.5 Å². The maximum Gasteiger partial charge on any atom is 0.307 e. The van der Waals surface area contributed by atoms with Gasteiger partial charge in [0.2, 0.25) is 5.91 Å². The molecule has 1 aromatic carbocycles. The quantitative estimate of drug-likeness (QED) is 0.661. The molecule has 0 radical (unpaired) electrons. The number of carboxylic acid groups (broad SMARTS) is 1. The van der Waals surface area contributed by atoms with Crippen LogP contribution in [-0.4, -0.2) is 22.8 Å². The molecular weight excluding hydrogens is 282 g/mol. The molecule has 1 amide bonds. The monoisotopic (exact) mass is 301 g/mol. The number of hydrogen-bond donors (Lipinski definition) is 2. The van der Waals surface area contributed by atoms with Crippen LogP contribution in [0, 0.1) is 11.8 Å². The molecule has 0 unspecified atom stereocenters. The van der Waals surface area contributed by atoms with Crippen LogP contribution in [0.1, 0.15) is 37.0 Å². The predicted octanol–water partition coefficient (Wildman–Crippen LogP) is 2.88. The molecule has 1 aliphatic carbocycles. The van der Waals surface area contributed by atoms with Gasteiger partial charge in [0.05, 0.1) is 11.8 Å². The Hall–Kier alpha value is -2.43. The molecule has 0 heterocycles. The van der Waals surface area contributed by atoms with E-state index in [2.05, 4.69) is 5.32 Å². The highest BCUT2D eigenvalue weighted by molar-refractivity contribution is 5.97. The number of carboxylic acids is 1. The Kier molecular flexibility index (Phi) is 4.75. The Morgan fingerprint density at radius 2 is 1.77 bits per heavy atom. The Morgan fingerprint density at radius 1 is 1.14 bits per heavy atom. The Bertz CT molecular complexity index is 631.